The number of nitrogens with zero attached hydrogens (tertiary/aromatic N) is 1. The van der Waals surface area contributed by atoms with Crippen LogP contribution in [0.4, 0.5) is 5.69 Å². The van der Waals surface area contributed by atoms with Crippen LogP contribution in [0.25, 0.3) is 0 Å². The van der Waals surface area contributed by atoms with Crippen molar-refractivity contribution in [2.75, 3.05) is 18.9 Å². The molecule has 1 aromatic rings. The molecule has 0 saturated carbocycles. The summed E-state index contributed by atoms with van der Waals surface area (Å²) >= 11 is 0. The van der Waals surface area contributed by atoms with Crippen LogP contribution in [0.2, 0.25) is 0 Å². The number of amides is 1. The summed E-state index contributed by atoms with van der Waals surface area (Å²) in [6.45, 7) is 0.794. The van der Waals surface area contributed by atoms with Crippen LogP contribution >= 0.6 is 0 Å². The second kappa shape index (κ2) is 4.94. The predicted molar refractivity (Wildman–Crippen MR) is 76.1 cm³/mol. The van der Waals surface area contributed by atoms with Gasteiger partial charge in [0.2, 0.25) is 5.91 Å². The number of hydrogen-bond donors (Lipinski definition) is 2. The van der Waals surface area contributed by atoms with Crippen molar-refractivity contribution in [1.82, 2.24) is 4.90 Å². The number of anilines is 1. The molecule has 1 aliphatic heterocycles. The highest BCUT2D eigenvalue weighted by Gasteiger charge is 2.32. The Morgan fingerprint density at radius 3 is 2.89 bits per heavy atom. The van der Waals surface area contributed by atoms with Crippen molar-refractivity contribution >= 4 is 11.6 Å². The van der Waals surface area contributed by atoms with E-state index >= 15 is 0 Å². The van der Waals surface area contributed by atoms with Crippen LogP contribution in [-0.4, -0.2) is 36.5 Å². The van der Waals surface area contributed by atoms with Gasteiger partial charge in [0.15, 0.2) is 0 Å². The molecule has 3 rings (SSSR count). The smallest absolute Gasteiger partial charge is 0.241 e. The van der Waals surface area contributed by atoms with Gasteiger partial charge in [0, 0.05) is 18.3 Å². The van der Waals surface area contributed by atoms with E-state index in [9.17, 15) is 4.79 Å². The van der Waals surface area contributed by atoms with Crippen molar-refractivity contribution in [3.8, 4) is 0 Å². The van der Waals surface area contributed by atoms with Crippen LogP contribution in [-0.2, 0) is 17.6 Å². The average Bonchev–Trinajstić information content (AvgIpc) is 2.94. The molecule has 1 heterocycles. The van der Waals surface area contributed by atoms with E-state index in [0.29, 0.717) is 0 Å². The highest BCUT2D eigenvalue weighted by molar-refractivity contribution is 5.95. The number of nitrogens with one attached hydrogen (secondary N) is 1. The molecule has 2 unspecified atom stereocenters. The first kappa shape index (κ1) is 12.6. The number of fused-ring (bicyclic) bond motifs is 1. The monoisotopic (exact) mass is 259 g/mol. The lowest BCUT2D eigenvalue weighted by Gasteiger charge is -2.18. The predicted octanol–water partition coefficient (Wildman–Crippen LogP) is 1.15. The first-order chi connectivity index (χ1) is 9.13. The van der Waals surface area contributed by atoms with Gasteiger partial charge in [0.05, 0.1) is 6.04 Å². The summed E-state index contributed by atoms with van der Waals surface area (Å²) in [6.07, 6.45) is 4.28. The van der Waals surface area contributed by atoms with Crippen LogP contribution in [0, 0.1) is 0 Å². The van der Waals surface area contributed by atoms with Gasteiger partial charge in [-0.25, -0.2) is 0 Å². The molecular weight excluding hydrogens is 238 g/mol. The molecule has 19 heavy (non-hydrogen) atoms. The zero-order valence-electron chi connectivity index (χ0n) is 11.4. The second-order valence-electron chi connectivity index (χ2n) is 5.78. The van der Waals surface area contributed by atoms with Crippen molar-refractivity contribution in [1.29, 1.82) is 0 Å². The molecule has 2 atom stereocenters. The van der Waals surface area contributed by atoms with Gasteiger partial charge in [-0.15, -0.1) is 0 Å². The van der Waals surface area contributed by atoms with Gasteiger partial charge in [-0.2, -0.15) is 0 Å². The van der Waals surface area contributed by atoms with Crippen LogP contribution < -0.4 is 11.1 Å². The van der Waals surface area contributed by atoms with Gasteiger partial charge in [-0.1, -0.05) is 6.07 Å². The molecule has 1 fully saturated rings. The number of carbonyl (C=O) groups is 1. The van der Waals surface area contributed by atoms with Crippen LogP contribution in [0.5, 0.6) is 0 Å². The van der Waals surface area contributed by atoms with E-state index in [1.54, 1.807) is 0 Å². The summed E-state index contributed by atoms with van der Waals surface area (Å²) in [6, 6.07) is 6.29. The minimum absolute atomic E-state index is 0.0633. The maximum Gasteiger partial charge on any atom is 0.241 e. The summed E-state index contributed by atoms with van der Waals surface area (Å²) < 4.78 is 0. The SMILES string of the molecule is CN1CC(N)CC1C(=O)Nc1ccc2c(c1)CCC2. The maximum absolute atomic E-state index is 12.3. The van der Waals surface area contributed by atoms with Crippen LogP contribution in [0.3, 0.4) is 0 Å². The van der Waals surface area contributed by atoms with E-state index in [1.165, 1.54) is 24.0 Å². The third-order valence-electron chi connectivity index (χ3n) is 4.25. The zero-order chi connectivity index (χ0) is 13.4. The van der Waals surface area contributed by atoms with Gasteiger partial charge in [-0.05, 0) is 56.0 Å². The molecule has 1 amide bonds. The zero-order valence-corrected chi connectivity index (χ0v) is 11.4. The van der Waals surface area contributed by atoms with Crippen LogP contribution in [0.1, 0.15) is 24.0 Å². The maximum atomic E-state index is 12.3. The molecule has 102 valence electrons. The van der Waals surface area contributed by atoms with E-state index in [2.05, 4.69) is 17.4 Å². The number of hydrogen-bond acceptors (Lipinski definition) is 3. The van der Waals surface area contributed by atoms with Crippen molar-refractivity contribution in [2.45, 2.75) is 37.8 Å². The number of nitrogens with two attached hydrogens (primary N) is 1. The number of likely N-dealkylation sites (tertiary alicyclic amines) is 1. The Balaban J connectivity index is 1.69. The van der Waals surface area contributed by atoms with Gasteiger partial charge in [0.25, 0.3) is 0 Å². The van der Waals surface area contributed by atoms with E-state index in [1.807, 2.05) is 18.0 Å². The number of rotatable bonds is 2. The van der Waals surface area contributed by atoms with Crippen LogP contribution in [0.15, 0.2) is 18.2 Å². The fourth-order valence-corrected chi connectivity index (χ4v) is 3.22. The van der Waals surface area contributed by atoms with Gasteiger partial charge in [0.1, 0.15) is 0 Å². The average molecular weight is 259 g/mol. The van der Waals surface area contributed by atoms with E-state index in [4.69, 9.17) is 5.73 Å². The summed E-state index contributed by atoms with van der Waals surface area (Å²) in [4.78, 5) is 14.3. The molecule has 0 spiro atoms. The Labute approximate surface area is 114 Å². The fraction of sp³-hybridized carbons (Fsp3) is 0.533. The van der Waals surface area contributed by atoms with Gasteiger partial charge >= 0.3 is 0 Å². The Morgan fingerprint density at radius 2 is 2.16 bits per heavy atom. The van der Waals surface area contributed by atoms with E-state index in [0.717, 1.165) is 25.1 Å². The molecule has 4 heteroatoms. The van der Waals surface area contributed by atoms with E-state index < -0.39 is 0 Å². The Hall–Kier alpha value is -1.39. The molecule has 1 saturated heterocycles. The standard InChI is InChI=1S/C15H21N3O/c1-18-9-12(16)8-14(18)15(19)17-13-6-5-10-3-2-4-11(10)7-13/h5-7,12,14H,2-4,8-9,16H2,1H3,(H,17,19). The molecule has 2 aliphatic rings. The Kier molecular flexibility index (Phi) is 3.29. The van der Waals surface area contributed by atoms with Crippen molar-refractivity contribution in [3.05, 3.63) is 29.3 Å². The van der Waals surface area contributed by atoms with E-state index in [-0.39, 0.29) is 18.0 Å². The lowest BCUT2D eigenvalue weighted by Crippen LogP contribution is -2.37. The second-order valence-corrected chi connectivity index (χ2v) is 5.78. The van der Waals surface area contributed by atoms with Crippen molar-refractivity contribution in [2.24, 2.45) is 5.73 Å². The lowest BCUT2D eigenvalue weighted by atomic mass is 10.1. The molecule has 3 N–H and O–H groups in total. The molecule has 0 radical (unpaired) electrons. The molecule has 0 bridgehead atoms. The Bertz CT molecular complexity index is 500. The third kappa shape index (κ3) is 2.51. The normalized spacial score (nSPS) is 26.4. The summed E-state index contributed by atoms with van der Waals surface area (Å²) in [7, 11) is 1.96. The lowest BCUT2D eigenvalue weighted by molar-refractivity contribution is -0.119. The number of carbonyl (C=O) groups excluding carboxylic acids is 1. The minimum atomic E-state index is -0.0942. The minimum Gasteiger partial charge on any atom is -0.326 e. The number of benzene rings is 1. The highest BCUT2D eigenvalue weighted by Crippen LogP contribution is 2.25. The molecule has 4 nitrogen and oxygen atoms in total. The number of likely N-dealkylation sites (N-methyl/N-ethyl adjacent to an activating group) is 1. The first-order valence-electron chi connectivity index (χ1n) is 7.02. The molecular formula is C15H21N3O. The molecule has 1 aromatic carbocycles. The molecule has 1 aliphatic carbocycles. The summed E-state index contributed by atoms with van der Waals surface area (Å²) in [5.41, 5.74) is 9.63. The topological polar surface area (TPSA) is 58.4 Å². The first-order valence-corrected chi connectivity index (χ1v) is 7.02. The van der Waals surface area contributed by atoms with Gasteiger partial charge in [-0.3, -0.25) is 9.69 Å². The highest BCUT2D eigenvalue weighted by atomic mass is 16.2. The third-order valence-corrected chi connectivity index (χ3v) is 4.25. The van der Waals surface area contributed by atoms with Crippen molar-refractivity contribution in [3.63, 3.8) is 0 Å². The number of aryl methyl sites for hydroxylation is 2. The van der Waals surface area contributed by atoms with Crippen molar-refractivity contribution < 1.29 is 4.79 Å². The summed E-state index contributed by atoms with van der Waals surface area (Å²) in [5, 5.41) is 3.03. The molecule has 0 aromatic heterocycles. The van der Waals surface area contributed by atoms with Gasteiger partial charge < -0.3 is 11.1 Å². The quantitative estimate of drug-likeness (QED) is 0.837. The Morgan fingerprint density at radius 1 is 1.37 bits per heavy atom. The summed E-state index contributed by atoms with van der Waals surface area (Å²) in [5.74, 6) is 0.0633. The largest absolute Gasteiger partial charge is 0.326 e. The fourth-order valence-electron chi connectivity index (χ4n) is 3.22.